The molecule has 34 heavy (non-hydrogen) atoms. The maximum absolute atomic E-state index is 13.5. The number of hydrogen-bond donors (Lipinski definition) is 2. The van der Waals surface area contributed by atoms with Crippen LogP contribution in [0.3, 0.4) is 0 Å². The highest BCUT2D eigenvalue weighted by Crippen LogP contribution is 2.27. The van der Waals surface area contributed by atoms with Gasteiger partial charge in [0.05, 0.1) is 0 Å². The zero-order chi connectivity index (χ0) is 24.1. The van der Waals surface area contributed by atoms with E-state index in [4.69, 9.17) is 11.6 Å². The Labute approximate surface area is 203 Å². The minimum absolute atomic E-state index is 0.233. The molecule has 3 aromatic carbocycles. The minimum atomic E-state index is -0.742. The van der Waals surface area contributed by atoms with Crippen LogP contribution in [0.25, 0.3) is 0 Å². The van der Waals surface area contributed by atoms with Crippen LogP contribution in [-0.4, -0.2) is 37.5 Å². The number of anilines is 1. The fourth-order valence-corrected chi connectivity index (χ4v) is 4.33. The zero-order valence-corrected chi connectivity index (χ0v) is 19.7. The van der Waals surface area contributed by atoms with Gasteiger partial charge in [0.15, 0.2) is 0 Å². The Morgan fingerprint density at radius 1 is 1.09 bits per heavy atom. The number of amides is 2. The van der Waals surface area contributed by atoms with Crippen LogP contribution >= 0.6 is 11.6 Å². The number of benzene rings is 3. The van der Waals surface area contributed by atoms with E-state index in [-0.39, 0.29) is 17.6 Å². The summed E-state index contributed by atoms with van der Waals surface area (Å²) in [7, 11) is 0. The molecule has 0 fully saturated rings. The number of nitrogens with zero attached hydrogens (tertiary/aromatic N) is 1. The van der Waals surface area contributed by atoms with E-state index < -0.39 is 6.04 Å². The summed E-state index contributed by atoms with van der Waals surface area (Å²) >= 11 is 5.99. The maximum atomic E-state index is 13.5. The Balaban J connectivity index is 1.41. The van der Waals surface area contributed by atoms with E-state index in [1.54, 1.807) is 36.4 Å². The first-order valence-electron chi connectivity index (χ1n) is 11.3. The van der Waals surface area contributed by atoms with E-state index in [1.165, 1.54) is 6.07 Å². The third kappa shape index (κ3) is 5.94. The molecule has 0 aromatic heterocycles. The Hall–Kier alpha value is -3.38. The van der Waals surface area contributed by atoms with Gasteiger partial charge in [-0.1, -0.05) is 41.4 Å². The number of fused-ring (bicyclic) bond motifs is 1. The van der Waals surface area contributed by atoms with Crippen LogP contribution in [0.2, 0.25) is 5.02 Å². The molecule has 0 radical (unpaired) electrons. The van der Waals surface area contributed by atoms with Crippen molar-refractivity contribution in [3.63, 3.8) is 0 Å². The fraction of sp³-hybridized carbons (Fsp3) is 0.259. The molecule has 2 N–H and O–H groups in total. The van der Waals surface area contributed by atoms with E-state index >= 15 is 0 Å². The fourth-order valence-electron chi connectivity index (χ4n) is 4.20. The van der Waals surface area contributed by atoms with Crippen molar-refractivity contribution in [1.29, 1.82) is 0 Å². The predicted octanol–water partition coefficient (Wildman–Crippen LogP) is 4.31. The highest BCUT2D eigenvalue weighted by Gasteiger charge is 2.23. The number of carbonyl (C=O) groups is 2. The second-order valence-corrected chi connectivity index (χ2v) is 8.96. The lowest BCUT2D eigenvalue weighted by Crippen LogP contribution is -2.49. The van der Waals surface area contributed by atoms with Gasteiger partial charge in [-0.3, -0.25) is 9.59 Å². The van der Waals surface area contributed by atoms with Crippen LogP contribution in [0.1, 0.15) is 27.0 Å². The summed E-state index contributed by atoms with van der Waals surface area (Å²) in [5, 5.41) is 6.45. The average molecular weight is 480 g/mol. The Morgan fingerprint density at radius 2 is 1.88 bits per heavy atom. The summed E-state index contributed by atoms with van der Waals surface area (Å²) in [6, 6.07) is 18.5. The van der Waals surface area contributed by atoms with Crippen molar-refractivity contribution in [2.45, 2.75) is 25.8 Å². The van der Waals surface area contributed by atoms with Crippen LogP contribution in [0.4, 0.5) is 10.1 Å². The second kappa shape index (κ2) is 10.7. The SMILES string of the molecule is Cc1cccc(C(=O)NC(Cc2ccc(Cl)cc2)C(=O)NCCN2CCc3cc(F)ccc32)c1. The van der Waals surface area contributed by atoms with E-state index in [1.807, 2.05) is 31.2 Å². The van der Waals surface area contributed by atoms with E-state index in [0.717, 1.165) is 35.3 Å². The normalized spacial score (nSPS) is 13.3. The first-order chi connectivity index (χ1) is 16.4. The molecule has 1 aliphatic heterocycles. The highest BCUT2D eigenvalue weighted by atomic mass is 35.5. The van der Waals surface area contributed by atoms with Crippen molar-refractivity contribution in [3.05, 3.63) is 99.8 Å². The van der Waals surface area contributed by atoms with Gasteiger partial charge in [0.1, 0.15) is 11.9 Å². The Morgan fingerprint density at radius 3 is 2.65 bits per heavy atom. The number of nitrogens with one attached hydrogen (secondary N) is 2. The topological polar surface area (TPSA) is 61.4 Å². The monoisotopic (exact) mass is 479 g/mol. The highest BCUT2D eigenvalue weighted by molar-refractivity contribution is 6.30. The van der Waals surface area contributed by atoms with Gasteiger partial charge in [0.2, 0.25) is 5.91 Å². The van der Waals surface area contributed by atoms with Gasteiger partial charge < -0.3 is 15.5 Å². The van der Waals surface area contributed by atoms with Crippen LogP contribution < -0.4 is 15.5 Å². The molecule has 176 valence electrons. The number of halogens is 2. The third-order valence-electron chi connectivity index (χ3n) is 5.97. The van der Waals surface area contributed by atoms with Gasteiger partial charge in [-0.05, 0) is 66.9 Å². The second-order valence-electron chi connectivity index (χ2n) is 8.53. The van der Waals surface area contributed by atoms with Gasteiger partial charge in [0.25, 0.3) is 5.91 Å². The molecule has 7 heteroatoms. The lowest BCUT2D eigenvalue weighted by molar-refractivity contribution is -0.122. The standard InChI is InChI=1S/C27H27ClFN3O2/c1-18-3-2-4-21(15-18)26(33)31-24(16-19-5-7-22(28)8-6-19)27(34)30-12-14-32-13-11-20-17-23(29)9-10-25(20)32/h2-10,15,17,24H,11-14,16H2,1H3,(H,30,34)(H,31,33). The minimum Gasteiger partial charge on any atom is -0.369 e. The molecule has 1 atom stereocenters. The molecule has 1 heterocycles. The molecule has 5 nitrogen and oxygen atoms in total. The lowest BCUT2D eigenvalue weighted by atomic mass is 10.0. The maximum Gasteiger partial charge on any atom is 0.251 e. The van der Waals surface area contributed by atoms with Gasteiger partial charge in [0, 0.05) is 42.3 Å². The third-order valence-corrected chi connectivity index (χ3v) is 6.22. The van der Waals surface area contributed by atoms with Gasteiger partial charge >= 0.3 is 0 Å². The molecule has 1 aliphatic rings. The molecule has 0 saturated carbocycles. The summed E-state index contributed by atoms with van der Waals surface area (Å²) in [4.78, 5) is 28.1. The quantitative estimate of drug-likeness (QED) is 0.506. The van der Waals surface area contributed by atoms with Crippen LogP contribution in [0.5, 0.6) is 0 Å². The number of rotatable bonds is 8. The van der Waals surface area contributed by atoms with Gasteiger partial charge in [-0.25, -0.2) is 4.39 Å². The van der Waals surface area contributed by atoms with Crippen molar-refractivity contribution in [2.24, 2.45) is 0 Å². The molecule has 0 aliphatic carbocycles. The van der Waals surface area contributed by atoms with Crippen LogP contribution in [-0.2, 0) is 17.6 Å². The molecule has 3 aromatic rings. The Bertz CT molecular complexity index is 1180. The van der Waals surface area contributed by atoms with Gasteiger partial charge in [-0.2, -0.15) is 0 Å². The molecular weight excluding hydrogens is 453 g/mol. The smallest absolute Gasteiger partial charge is 0.251 e. The summed E-state index contributed by atoms with van der Waals surface area (Å²) in [6.07, 6.45) is 1.12. The molecule has 0 bridgehead atoms. The number of aryl methyl sites for hydroxylation is 1. The molecule has 2 amide bonds. The van der Waals surface area contributed by atoms with E-state index in [2.05, 4.69) is 15.5 Å². The lowest BCUT2D eigenvalue weighted by Gasteiger charge is -2.22. The molecular formula is C27H27ClFN3O2. The summed E-state index contributed by atoms with van der Waals surface area (Å²) < 4.78 is 13.5. The zero-order valence-electron chi connectivity index (χ0n) is 19.0. The number of carbonyl (C=O) groups excluding carboxylic acids is 2. The number of hydrogen-bond acceptors (Lipinski definition) is 3. The predicted molar refractivity (Wildman–Crippen MR) is 133 cm³/mol. The van der Waals surface area contributed by atoms with E-state index in [0.29, 0.717) is 30.1 Å². The largest absolute Gasteiger partial charge is 0.369 e. The van der Waals surface area contributed by atoms with Crippen molar-refractivity contribution in [1.82, 2.24) is 10.6 Å². The first-order valence-corrected chi connectivity index (χ1v) is 11.7. The summed E-state index contributed by atoms with van der Waals surface area (Å²) in [5.74, 6) is -0.786. The molecule has 1 unspecified atom stereocenters. The van der Waals surface area contributed by atoms with Crippen molar-refractivity contribution in [3.8, 4) is 0 Å². The molecule has 0 spiro atoms. The van der Waals surface area contributed by atoms with Crippen molar-refractivity contribution < 1.29 is 14.0 Å². The molecule has 4 rings (SSSR count). The summed E-state index contributed by atoms with van der Waals surface area (Å²) in [5.41, 5.74) is 4.36. The molecule has 0 saturated heterocycles. The van der Waals surface area contributed by atoms with E-state index in [9.17, 15) is 14.0 Å². The van der Waals surface area contributed by atoms with Gasteiger partial charge in [-0.15, -0.1) is 0 Å². The van der Waals surface area contributed by atoms with Crippen molar-refractivity contribution >= 4 is 29.1 Å². The van der Waals surface area contributed by atoms with Crippen LogP contribution in [0, 0.1) is 12.7 Å². The average Bonchev–Trinajstić information content (AvgIpc) is 3.21. The van der Waals surface area contributed by atoms with Crippen LogP contribution in [0.15, 0.2) is 66.7 Å². The summed E-state index contributed by atoms with van der Waals surface area (Å²) in [6.45, 7) is 3.71. The Kier molecular flexibility index (Phi) is 7.48. The first kappa shape index (κ1) is 23.8. The van der Waals surface area contributed by atoms with Crippen molar-refractivity contribution in [2.75, 3.05) is 24.5 Å².